The van der Waals surface area contributed by atoms with E-state index in [4.69, 9.17) is 14.2 Å². The van der Waals surface area contributed by atoms with Crippen LogP contribution in [0.25, 0.3) is 0 Å². The van der Waals surface area contributed by atoms with E-state index < -0.39 is 0 Å². The Kier molecular flexibility index (Phi) is 5.39. The molecule has 26 heavy (non-hydrogen) atoms. The highest BCUT2D eigenvalue weighted by Gasteiger charge is 2.18. The zero-order valence-electron chi connectivity index (χ0n) is 14.6. The molecular formula is C21H19NO4. The fourth-order valence-corrected chi connectivity index (χ4v) is 2.50. The van der Waals surface area contributed by atoms with Gasteiger partial charge in [-0.1, -0.05) is 24.3 Å². The fourth-order valence-electron chi connectivity index (χ4n) is 2.50. The number of para-hydroxylation sites is 1. The van der Waals surface area contributed by atoms with Crippen molar-refractivity contribution in [3.8, 4) is 23.0 Å². The van der Waals surface area contributed by atoms with Gasteiger partial charge in [0.05, 0.1) is 14.2 Å². The number of hydrogen-bond acceptors (Lipinski definition) is 4. The van der Waals surface area contributed by atoms with Crippen LogP contribution in [0.3, 0.4) is 0 Å². The molecule has 1 N–H and O–H groups in total. The molecule has 1 amide bonds. The summed E-state index contributed by atoms with van der Waals surface area (Å²) in [5.74, 6) is 2.03. The highest BCUT2D eigenvalue weighted by Crippen LogP contribution is 2.29. The van der Waals surface area contributed by atoms with Gasteiger partial charge >= 0.3 is 0 Å². The van der Waals surface area contributed by atoms with Gasteiger partial charge in [-0.05, 0) is 48.5 Å². The molecule has 0 fully saturated rings. The Morgan fingerprint density at radius 1 is 0.731 bits per heavy atom. The molecule has 0 saturated carbocycles. The summed E-state index contributed by atoms with van der Waals surface area (Å²) < 4.78 is 16.3. The van der Waals surface area contributed by atoms with Crippen molar-refractivity contribution in [1.29, 1.82) is 0 Å². The van der Waals surface area contributed by atoms with E-state index >= 15 is 0 Å². The molecule has 0 saturated heterocycles. The maximum absolute atomic E-state index is 12.6. The number of carbonyl (C=O) groups is 1. The second kappa shape index (κ2) is 8.07. The smallest absolute Gasteiger partial charge is 0.263 e. The zero-order valence-corrected chi connectivity index (χ0v) is 14.6. The monoisotopic (exact) mass is 349 g/mol. The molecule has 3 aromatic rings. The Bertz CT molecular complexity index is 854. The summed E-state index contributed by atoms with van der Waals surface area (Å²) in [5, 5.41) is 2.84. The Morgan fingerprint density at radius 2 is 1.31 bits per heavy atom. The predicted molar refractivity (Wildman–Crippen MR) is 100 cm³/mol. The summed E-state index contributed by atoms with van der Waals surface area (Å²) in [5.41, 5.74) is 0.991. The van der Waals surface area contributed by atoms with E-state index in [1.165, 1.54) is 14.2 Å². The number of ether oxygens (including phenoxy) is 3. The van der Waals surface area contributed by atoms with Gasteiger partial charge in [0.1, 0.15) is 28.6 Å². The summed E-state index contributed by atoms with van der Waals surface area (Å²) in [6, 6.07) is 21.8. The molecule has 0 atom stereocenters. The third-order valence-electron chi connectivity index (χ3n) is 3.75. The van der Waals surface area contributed by atoms with Gasteiger partial charge in [-0.25, -0.2) is 0 Å². The zero-order chi connectivity index (χ0) is 18.4. The number of methoxy groups -OCH3 is 2. The summed E-state index contributed by atoms with van der Waals surface area (Å²) in [4.78, 5) is 12.6. The van der Waals surface area contributed by atoms with Crippen molar-refractivity contribution in [1.82, 2.24) is 0 Å². The summed E-state index contributed by atoms with van der Waals surface area (Å²) in [6.07, 6.45) is 0. The third-order valence-corrected chi connectivity index (χ3v) is 3.75. The Balaban J connectivity index is 1.74. The lowest BCUT2D eigenvalue weighted by atomic mass is 10.1. The van der Waals surface area contributed by atoms with Gasteiger partial charge in [0.25, 0.3) is 5.91 Å². The molecule has 5 nitrogen and oxygen atoms in total. The SMILES string of the molecule is COc1cccc(OC)c1C(=O)Nc1ccc(Oc2ccccc2)cc1. The van der Waals surface area contributed by atoms with Crippen LogP contribution in [0.4, 0.5) is 5.69 Å². The standard InChI is InChI=1S/C21H19NO4/c1-24-18-9-6-10-19(25-2)20(18)21(23)22-15-11-13-17(14-12-15)26-16-7-4-3-5-8-16/h3-14H,1-2H3,(H,22,23). The lowest BCUT2D eigenvalue weighted by molar-refractivity contribution is 0.102. The van der Waals surface area contributed by atoms with Gasteiger partial charge in [0, 0.05) is 5.69 Å². The van der Waals surface area contributed by atoms with Crippen molar-refractivity contribution < 1.29 is 19.0 Å². The number of rotatable bonds is 6. The van der Waals surface area contributed by atoms with Crippen LogP contribution in [0.1, 0.15) is 10.4 Å². The van der Waals surface area contributed by atoms with Crippen LogP contribution in [0.2, 0.25) is 0 Å². The Hall–Kier alpha value is -3.47. The minimum Gasteiger partial charge on any atom is -0.496 e. The van der Waals surface area contributed by atoms with E-state index in [2.05, 4.69) is 5.32 Å². The summed E-state index contributed by atoms with van der Waals surface area (Å²) in [6.45, 7) is 0. The van der Waals surface area contributed by atoms with Crippen molar-refractivity contribution in [2.75, 3.05) is 19.5 Å². The van der Waals surface area contributed by atoms with Crippen molar-refractivity contribution in [2.24, 2.45) is 0 Å². The highest BCUT2D eigenvalue weighted by atomic mass is 16.5. The maximum atomic E-state index is 12.6. The molecule has 0 bridgehead atoms. The molecule has 3 rings (SSSR count). The Morgan fingerprint density at radius 3 is 1.88 bits per heavy atom. The second-order valence-electron chi connectivity index (χ2n) is 5.43. The minimum atomic E-state index is -0.309. The number of amides is 1. The lowest BCUT2D eigenvalue weighted by Crippen LogP contribution is -2.14. The topological polar surface area (TPSA) is 56.8 Å². The van der Waals surface area contributed by atoms with Gasteiger partial charge in [0.2, 0.25) is 0 Å². The van der Waals surface area contributed by atoms with Gasteiger partial charge in [-0.15, -0.1) is 0 Å². The molecule has 0 aliphatic heterocycles. The van der Waals surface area contributed by atoms with E-state index in [-0.39, 0.29) is 5.91 Å². The van der Waals surface area contributed by atoms with E-state index in [0.717, 1.165) is 5.75 Å². The van der Waals surface area contributed by atoms with Crippen LogP contribution in [-0.2, 0) is 0 Å². The van der Waals surface area contributed by atoms with Crippen LogP contribution in [-0.4, -0.2) is 20.1 Å². The first kappa shape index (κ1) is 17.4. The molecule has 0 spiro atoms. The highest BCUT2D eigenvalue weighted by molar-refractivity contribution is 6.08. The molecule has 3 aromatic carbocycles. The van der Waals surface area contributed by atoms with Crippen LogP contribution >= 0.6 is 0 Å². The van der Waals surface area contributed by atoms with Crippen LogP contribution in [0.15, 0.2) is 72.8 Å². The maximum Gasteiger partial charge on any atom is 0.263 e. The van der Waals surface area contributed by atoms with Gasteiger partial charge in [-0.2, -0.15) is 0 Å². The van der Waals surface area contributed by atoms with E-state index in [0.29, 0.717) is 28.5 Å². The van der Waals surface area contributed by atoms with Gasteiger partial charge < -0.3 is 19.5 Å². The van der Waals surface area contributed by atoms with Crippen LogP contribution in [0, 0.1) is 0 Å². The summed E-state index contributed by atoms with van der Waals surface area (Å²) >= 11 is 0. The summed E-state index contributed by atoms with van der Waals surface area (Å²) in [7, 11) is 3.03. The third kappa shape index (κ3) is 3.95. The molecule has 0 aliphatic carbocycles. The Labute approximate surface area is 152 Å². The number of nitrogens with one attached hydrogen (secondary N) is 1. The van der Waals surface area contributed by atoms with Crippen molar-refractivity contribution in [2.45, 2.75) is 0 Å². The molecule has 0 unspecified atom stereocenters. The quantitative estimate of drug-likeness (QED) is 0.698. The molecule has 0 aliphatic rings. The molecule has 0 heterocycles. The first-order chi connectivity index (χ1) is 12.7. The largest absolute Gasteiger partial charge is 0.496 e. The first-order valence-corrected chi connectivity index (χ1v) is 8.06. The fraction of sp³-hybridized carbons (Fsp3) is 0.0952. The number of carbonyl (C=O) groups excluding carboxylic acids is 1. The first-order valence-electron chi connectivity index (χ1n) is 8.06. The number of anilines is 1. The van der Waals surface area contributed by atoms with Gasteiger partial charge in [0.15, 0.2) is 0 Å². The number of hydrogen-bond donors (Lipinski definition) is 1. The van der Waals surface area contributed by atoms with Gasteiger partial charge in [-0.3, -0.25) is 4.79 Å². The van der Waals surface area contributed by atoms with E-state index in [1.54, 1.807) is 42.5 Å². The average Bonchev–Trinajstić information content (AvgIpc) is 2.69. The van der Waals surface area contributed by atoms with Crippen LogP contribution in [0.5, 0.6) is 23.0 Å². The van der Waals surface area contributed by atoms with Crippen molar-refractivity contribution in [3.63, 3.8) is 0 Å². The predicted octanol–water partition coefficient (Wildman–Crippen LogP) is 4.75. The molecule has 5 heteroatoms. The van der Waals surface area contributed by atoms with E-state index in [9.17, 15) is 4.79 Å². The molecule has 0 radical (unpaired) electrons. The molecule has 0 aromatic heterocycles. The average molecular weight is 349 g/mol. The lowest BCUT2D eigenvalue weighted by Gasteiger charge is -2.13. The number of benzene rings is 3. The van der Waals surface area contributed by atoms with Crippen molar-refractivity contribution in [3.05, 3.63) is 78.4 Å². The normalized spacial score (nSPS) is 10.1. The molecular weight excluding hydrogens is 330 g/mol. The van der Waals surface area contributed by atoms with Crippen LogP contribution < -0.4 is 19.5 Å². The molecule has 132 valence electrons. The van der Waals surface area contributed by atoms with E-state index in [1.807, 2.05) is 30.3 Å². The minimum absolute atomic E-state index is 0.309. The van der Waals surface area contributed by atoms with Crippen molar-refractivity contribution >= 4 is 11.6 Å². The second-order valence-corrected chi connectivity index (χ2v) is 5.43.